The second-order valence-electron chi connectivity index (χ2n) is 10.8. The van der Waals surface area contributed by atoms with Crippen molar-refractivity contribution >= 4 is 43.3 Å². The number of phosphoric ester groups is 1. The SMILES string of the molecule is C[C@@]12[C@H](O)[C@@H](COP(=O)(O)O[C@H]3[C@@H](O)[C@H](n4ccc5c(N)ncnc54)O[C@@H]3COP1(=O)O)O[C@H]2n1cnc2c(=O)[nH]ccc21. The Morgan fingerprint density at radius 2 is 1.84 bits per heavy atom. The summed E-state index contributed by atoms with van der Waals surface area (Å²) < 4.78 is 57.8. The van der Waals surface area contributed by atoms with Crippen LogP contribution >= 0.6 is 15.4 Å². The topological polar surface area (TPSA) is 269 Å². The Balaban J connectivity index is 1.27. The first-order valence-corrected chi connectivity index (χ1v) is 16.3. The number of nitrogens with two attached hydrogens (primary N) is 1. The van der Waals surface area contributed by atoms with E-state index in [0.29, 0.717) is 5.39 Å². The molecule has 0 radical (unpaired) electrons. The average molecular weight is 655 g/mol. The van der Waals surface area contributed by atoms with Crippen molar-refractivity contribution in [2.45, 2.75) is 55.1 Å². The minimum absolute atomic E-state index is 0.000652. The summed E-state index contributed by atoms with van der Waals surface area (Å²) in [4.78, 5) is 49.0. The molecule has 0 aromatic carbocycles. The highest BCUT2D eigenvalue weighted by Crippen LogP contribution is 2.66. The maximum atomic E-state index is 14.1. The molecule has 0 aliphatic carbocycles. The predicted octanol–water partition coefficient (Wildman–Crippen LogP) is -0.255. The summed E-state index contributed by atoms with van der Waals surface area (Å²) in [7, 11) is -9.93. The highest BCUT2D eigenvalue weighted by Gasteiger charge is 2.66. The van der Waals surface area contributed by atoms with Gasteiger partial charge in [0.25, 0.3) is 5.56 Å². The second-order valence-corrected chi connectivity index (χ2v) is 14.5. The number of imidazole rings is 1. The van der Waals surface area contributed by atoms with Crippen molar-refractivity contribution in [1.29, 1.82) is 0 Å². The van der Waals surface area contributed by atoms with Crippen LogP contribution in [0, 0.1) is 0 Å². The molecule has 236 valence electrons. The largest absolute Gasteiger partial charge is 0.472 e. The first-order valence-electron chi connectivity index (χ1n) is 13.2. The van der Waals surface area contributed by atoms with Gasteiger partial charge in [-0.05, 0) is 19.1 Å². The van der Waals surface area contributed by atoms with Crippen LogP contribution < -0.4 is 11.3 Å². The molecule has 3 aliphatic heterocycles. The molecule has 10 atom stereocenters. The van der Waals surface area contributed by atoms with Gasteiger partial charge in [-0.3, -0.25) is 18.4 Å². The van der Waals surface area contributed by atoms with Crippen LogP contribution in [0.3, 0.4) is 0 Å². The number of nitrogen functional groups attached to an aromatic ring is 1. The van der Waals surface area contributed by atoms with Crippen molar-refractivity contribution in [3.05, 3.63) is 47.5 Å². The number of phosphoric acid groups is 1. The highest BCUT2D eigenvalue weighted by molar-refractivity contribution is 7.54. The van der Waals surface area contributed by atoms with E-state index in [9.17, 15) is 33.9 Å². The third-order valence-corrected chi connectivity index (χ3v) is 11.5. The van der Waals surface area contributed by atoms with Gasteiger partial charge in [0.2, 0.25) is 0 Å². The smallest absolute Gasteiger partial charge is 0.389 e. The van der Waals surface area contributed by atoms with E-state index in [0.717, 1.165) is 0 Å². The number of pyridine rings is 1. The number of aliphatic hydroxyl groups excluding tert-OH is 2. The summed E-state index contributed by atoms with van der Waals surface area (Å²) in [6.07, 6.45) is -5.35. The predicted molar refractivity (Wildman–Crippen MR) is 147 cm³/mol. The van der Waals surface area contributed by atoms with E-state index in [1.165, 1.54) is 47.2 Å². The zero-order valence-corrected chi connectivity index (χ0v) is 24.5. The lowest BCUT2D eigenvalue weighted by molar-refractivity contribution is -0.0524. The first kappa shape index (κ1) is 29.6. The molecule has 0 amide bonds. The average Bonchev–Trinajstić information content (AvgIpc) is 3.72. The molecule has 7 N–H and O–H groups in total. The number of nitrogens with one attached hydrogen (secondary N) is 1. The summed E-state index contributed by atoms with van der Waals surface area (Å²) in [5, 5.41) is 20.9. The van der Waals surface area contributed by atoms with E-state index < -0.39 is 82.3 Å². The Bertz CT molecular complexity index is 1910. The van der Waals surface area contributed by atoms with Crippen LogP contribution in [0.25, 0.3) is 22.1 Å². The fraction of sp³-hybridized carbons (Fsp3) is 0.478. The number of H-pyrrole nitrogens is 1. The fourth-order valence-electron chi connectivity index (χ4n) is 5.92. The number of nitrogens with zero attached hydrogens (tertiary/aromatic N) is 5. The highest BCUT2D eigenvalue weighted by atomic mass is 31.2. The van der Waals surface area contributed by atoms with E-state index in [-0.39, 0.29) is 22.5 Å². The molecule has 3 saturated heterocycles. The molecule has 4 aromatic heterocycles. The van der Waals surface area contributed by atoms with Crippen LogP contribution in [-0.2, 0) is 32.2 Å². The third kappa shape index (κ3) is 4.39. The Morgan fingerprint density at radius 1 is 1.07 bits per heavy atom. The van der Waals surface area contributed by atoms with Gasteiger partial charge >= 0.3 is 15.4 Å². The number of rotatable bonds is 2. The lowest BCUT2D eigenvalue weighted by atomic mass is 10.0. The molecule has 3 fully saturated rings. The fourth-order valence-corrected chi connectivity index (χ4v) is 8.48. The Kier molecular flexibility index (Phi) is 6.89. The molecular weight excluding hydrogens is 628 g/mol. The van der Waals surface area contributed by atoms with E-state index >= 15 is 0 Å². The number of ether oxygens (including phenoxy) is 2. The lowest BCUT2D eigenvalue weighted by Crippen LogP contribution is -2.46. The minimum Gasteiger partial charge on any atom is -0.389 e. The van der Waals surface area contributed by atoms with Crippen molar-refractivity contribution in [1.82, 2.24) is 29.1 Å². The summed E-state index contributed by atoms with van der Waals surface area (Å²) in [6, 6.07) is 3.07. The van der Waals surface area contributed by atoms with Crippen molar-refractivity contribution < 1.29 is 52.2 Å². The van der Waals surface area contributed by atoms with Crippen molar-refractivity contribution in [2.75, 3.05) is 18.9 Å². The molecule has 4 aromatic rings. The molecule has 44 heavy (non-hydrogen) atoms. The maximum Gasteiger partial charge on any atom is 0.472 e. The zero-order chi connectivity index (χ0) is 31.2. The molecule has 3 aliphatic rings. The van der Waals surface area contributed by atoms with Crippen LogP contribution in [0.1, 0.15) is 19.4 Å². The van der Waals surface area contributed by atoms with E-state index in [1.807, 2.05) is 0 Å². The molecule has 19 nitrogen and oxygen atoms in total. The van der Waals surface area contributed by atoms with Crippen molar-refractivity contribution in [2.24, 2.45) is 0 Å². The normalized spacial score (nSPS) is 39.7. The van der Waals surface area contributed by atoms with Crippen LogP contribution in [0.4, 0.5) is 5.82 Å². The number of anilines is 1. The molecule has 21 heteroatoms. The number of hydrogen-bond donors (Lipinski definition) is 6. The third-order valence-electron chi connectivity index (χ3n) is 8.31. The van der Waals surface area contributed by atoms with E-state index in [1.54, 1.807) is 6.07 Å². The van der Waals surface area contributed by atoms with Gasteiger partial charge in [0.1, 0.15) is 53.5 Å². The summed E-state index contributed by atoms with van der Waals surface area (Å²) in [5.41, 5.74) is 5.87. The first-order chi connectivity index (χ1) is 20.8. The van der Waals surface area contributed by atoms with Gasteiger partial charge in [0, 0.05) is 12.4 Å². The monoisotopic (exact) mass is 655 g/mol. The number of aromatic amines is 1. The van der Waals surface area contributed by atoms with Gasteiger partial charge in [-0.2, -0.15) is 0 Å². The quantitative estimate of drug-likeness (QED) is 0.152. The van der Waals surface area contributed by atoms with Gasteiger partial charge in [0.15, 0.2) is 18.0 Å². The minimum atomic E-state index is -4.98. The Hall–Kier alpha value is -3.06. The Labute approximate surface area is 246 Å². The van der Waals surface area contributed by atoms with E-state index in [2.05, 4.69) is 19.9 Å². The van der Waals surface area contributed by atoms with Gasteiger partial charge in [-0.25, -0.2) is 19.5 Å². The maximum absolute atomic E-state index is 14.1. The molecular formula is C23H27N7O12P2. The van der Waals surface area contributed by atoms with Crippen LogP contribution in [-0.4, -0.2) is 98.0 Å². The summed E-state index contributed by atoms with van der Waals surface area (Å²) in [5.74, 6) is 0.163. The molecule has 2 bridgehead atoms. The van der Waals surface area contributed by atoms with Crippen molar-refractivity contribution in [3.8, 4) is 0 Å². The van der Waals surface area contributed by atoms with Gasteiger partial charge in [-0.15, -0.1) is 0 Å². The molecule has 0 saturated carbocycles. The Morgan fingerprint density at radius 3 is 2.64 bits per heavy atom. The molecule has 7 heterocycles. The van der Waals surface area contributed by atoms with Crippen LogP contribution in [0.5, 0.6) is 0 Å². The van der Waals surface area contributed by atoms with Gasteiger partial charge < -0.3 is 53.8 Å². The zero-order valence-electron chi connectivity index (χ0n) is 22.7. The van der Waals surface area contributed by atoms with Crippen LogP contribution in [0.2, 0.25) is 0 Å². The molecule has 7 rings (SSSR count). The number of hydrogen-bond acceptors (Lipinski definition) is 14. The van der Waals surface area contributed by atoms with Gasteiger partial charge in [-0.1, -0.05) is 0 Å². The van der Waals surface area contributed by atoms with Crippen molar-refractivity contribution in [3.63, 3.8) is 0 Å². The van der Waals surface area contributed by atoms with Crippen LogP contribution in [0.15, 0.2) is 42.0 Å². The summed E-state index contributed by atoms with van der Waals surface area (Å²) in [6.45, 7) is -0.277. The lowest BCUT2D eigenvalue weighted by Gasteiger charge is -2.37. The van der Waals surface area contributed by atoms with E-state index in [4.69, 9.17) is 28.8 Å². The molecule has 0 spiro atoms. The number of aromatic nitrogens is 6. The van der Waals surface area contributed by atoms with Gasteiger partial charge in [0.05, 0.1) is 30.4 Å². The number of aliphatic hydroxyl groups is 2. The second kappa shape index (κ2) is 10.2. The standard InChI is InChI=1S/C23H27N7O12P2/c1-23-17(32)13(41-22(23)30-9-28-14-11(30)2-4-25-20(14)33)7-39-44(36,37)42-16-12(6-38-43(23,34)35)40-21(15(16)31)29-5-3-10-18(24)26-8-27-19(10)29/h2-5,8-9,12-13,15-17,21-22,31-32H,6-7H2,1H3,(H,25,33)(H,34,35)(H,36,37)(H2,24,26,27)/t12-,13-,15-,16-,17-,21-,22-,23+/m1/s1. The summed E-state index contributed by atoms with van der Waals surface area (Å²) >= 11 is 0. The number of fused-ring (bicyclic) bond motifs is 5. The molecule has 2 unspecified atom stereocenters.